The molecule has 0 aliphatic carbocycles. The van der Waals surface area contributed by atoms with Gasteiger partial charge in [-0.2, -0.15) is 5.10 Å². The van der Waals surface area contributed by atoms with Crippen molar-refractivity contribution in [3.8, 4) is 5.75 Å². The number of hydrogen-bond acceptors (Lipinski definition) is 7. The molecule has 0 radical (unpaired) electrons. The molecule has 2 aromatic heterocycles. The number of rotatable bonds is 11. The predicted molar refractivity (Wildman–Crippen MR) is 152 cm³/mol. The van der Waals surface area contributed by atoms with Crippen LogP contribution >= 0.6 is 15.9 Å². The second-order valence-electron chi connectivity index (χ2n) is 8.92. The van der Waals surface area contributed by atoms with Crippen LogP contribution in [0.1, 0.15) is 45.4 Å². The van der Waals surface area contributed by atoms with Crippen molar-refractivity contribution >= 4 is 50.8 Å². The van der Waals surface area contributed by atoms with Crippen LogP contribution in [0.3, 0.4) is 0 Å². The number of aryl methyl sites for hydroxylation is 3. The molecule has 0 aliphatic heterocycles. The molecule has 0 spiro atoms. The molecular formula is C27H30BrN7O5. The van der Waals surface area contributed by atoms with E-state index in [0.717, 1.165) is 10.0 Å². The number of imidazole rings is 1. The van der Waals surface area contributed by atoms with Crippen molar-refractivity contribution in [1.82, 2.24) is 24.6 Å². The summed E-state index contributed by atoms with van der Waals surface area (Å²) in [5.41, 5.74) is 8.67. The van der Waals surface area contributed by atoms with Crippen LogP contribution in [0.25, 0.3) is 11.0 Å². The number of carbonyl (C=O) groups is 3. The van der Waals surface area contributed by atoms with Crippen LogP contribution in [-0.2, 0) is 24.4 Å². The van der Waals surface area contributed by atoms with Gasteiger partial charge in [-0.1, -0.05) is 28.1 Å². The molecule has 0 fully saturated rings. The van der Waals surface area contributed by atoms with Gasteiger partial charge in [0.05, 0.1) is 18.3 Å². The first-order chi connectivity index (χ1) is 19.2. The van der Waals surface area contributed by atoms with E-state index in [1.54, 1.807) is 21.4 Å². The highest BCUT2D eigenvalue weighted by Gasteiger charge is 2.21. The van der Waals surface area contributed by atoms with Crippen LogP contribution in [0.15, 0.2) is 46.9 Å². The van der Waals surface area contributed by atoms with Gasteiger partial charge in [0, 0.05) is 29.7 Å². The number of aromatic nitrogens is 4. The number of hydrogen-bond donors (Lipinski definition) is 3. The standard InChI is InChI=1S/C27H30BrN7O5/c1-4-35-21(11-16(2)33-35)25(37)32-26-31-20-13-18(24(29)36)14-22(39-3)23(20)34(26)10-6-9-30-27(38)40-15-17-7-5-8-19(28)12-17/h5,7-8,11-14H,4,6,9-10,15H2,1-3H3,(H2,29,36)(H,30,38)(H,31,32,37). The average molecular weight is 612 g/mol. The maximum absolute atomic E-state index is 13.2. The van der Waals surface area contributed by atoms with Crippen molar-refractivity contribution in [1.29, 1.82) is 0 Å². The lowest BCUT2D eigenvalue weighted by molar-refractivity contribution is 0.0995. The van der Waals surface area contributed by atoms with Crippen molar-refractivity contribution in [2.24, 2.45) is 5.73 Å². The smallest absolute Gasteiger partial charge is 0.407 e. The average Bonchev–Trinajstić information content (AvgIpc) is 3.48. The zero-order chi connectivity index (χ0) is 28.8. The summed E-state index contributed by atoms with van der Waals surface area (Å²) in [7, 11) is 1.47. The fraction of sp³-hybridized carbons (Fsp3) is 0.296. The Hall–Kier alpha value is -4.39. The van der Waals surface area contributed by atoms with E-state index in [1.807, 2.05) is 38.1 Å². The maximum Gasteiger partial charge on any atom is 0.407 e. The summed E-state index contributed by atoms with van der Waals surface area (Å²) in [5.74, 6) is -0.399. The first-order valence-corrected chi connectivity index (χ1v) is 13.4. The summed E-state index contributed by atoms with van der Waals surface area (Å²) in [6.07, 6.45) is -0.0663. The molecule has 13 heteroatoms. The number of halogens is 1. The van der Waals surface area contributed by atoms with Gasteiger partial charge in [0.2, 0.25) is 11.9 Å². The molecular weight excluding hydrogens is 582 g/mol. The first kappa shape index (κ1) is 28.6. The Balaban J connectivity index is 1.52. The van der Waals surface area contributed by atoms with Crippen LogP contribution in [0.5, 0.6) is 5.75 Å². The minimum absolute atomic E-state index is 0.140. The lowest BCUT2D eigenvalue weighted by Gasteiger charge is -2.13. The number of carbonyl (C=O) groups excluding carboxylic acids is 3. The van der Waals surface area contributed by atoms with E-state index in [-0.39, 0.29) is 24.0 Å². The number of amides is 3. The molecule has 4 rings (SSSR count). The van der Waals surface area contributed by atoms with Gasteiger partial charge >= 0.3 is 6.09 Å². The van der Waals surface area contributed by atoms with Crippen molar-refractivity contribution in [2.75, 3.05) is 19.0 Å². The number of ether oxygens (including phenoxy) is 2. The van der Waals surface area contributed by atoms with E-state index in [1.165, 1.54) is 13.2 Å². The maximum atomic E-state index is 13.2. The fourth-order valence-corrected chi connectivity index (χ4v) is 4.68. The molecule has 0 bridgehead atoms. The molecule has 0 saturated carbocycles. The molecule has 0 atom stereocenters. The second kappa shape index (κ2) is 12.6. The number of nitrogens with two attached hydrogens (primary N) is 1. The van der Waals surface area contributed by atoms with Crippen LogP contribution in [-0.4, -0.2) is 50.9 Å². The topological polar surface area (TPSA) is 155 Å². The van der Waals surface area contributed by atoms with E-state index >= 15 is 0 Å². The SMILES string of the molecule is CCn1nc(C)cc1C(=O)Nc1nc2cc(C(N)=O)cc(OC)c2n1CCCNC(=O)OCc1cccc(Br)c1. The molecule has 0 aliphatic rings. The van der Waals surface area contributed by atoms with Gasteiger partial charge in [-0.05, 0) is 56.2 Å². The van der Waals surface area contributed by atoms with Crippen molar-refractivity contribution in [3.63, 3.8) is 0 Å². The monoisotopic (exact) mass is 611 g/mol. The van der Waals surface area contributed by atoms with Gasteiger partial charge in [-0.25, -0.2) is 9.78 Å². The zero-order valence-corrected chi connectivity index (χ0v) is 23.9. The fourth-order valence-electron chi connectivity index (χ4n) is 4.23. The highest BCUT2D eigenvalue weighted by molar-refractivity contribution is 9.10. The number of alkyl carbamates (subject to hydrolysis) is 1. The van der Waals surface area contributed by atoms with E-state index in [2.05, 4.69) is 36.6 Å². The Labute approximate surface area is 239 Å². The molecule has 3 amide bonds. The van der Waals surface area contributed by atoms with Gasteiger partial charge in [0.1, 0.15) is 23.6 Å². The van der Waals surface area contributed by atoms with Gasteiger partial charge in [-0.15, -0.1) is 0 Å². The van der Waals surface area contributed by atoms with E-state index in [9.17, 15) is 14.4 Å². The lowest BCUT2D eigenvalue weighted by atomic mass is 10.1. The molecule has 2 heterocycles. The number of benzene rings is 2. The first-order valence-electron chi connectivity index (χ1n) is 12.6. The summed E-state index contributed by atoms with van der Waals surface area (Å²) in [6, 6.07) is 12.3. The van der Waals surface area contributed by atoms with E-state index in [4.69, 9.17) is 15.2 Å². The number of fused-ring (bicyclic) bond motifs is 1. The van der Waals surface area contributed by atoms with Crippen LogP contribution in [0.2, 0.25) is 0 Å². The Morgan fingerprint density at radius 2 is 1.95 bits per heavy atom. The zero-order valence-electron chi connectivity index (χ0n) is 22.4. The number of primary amides is 1. The molecule has 4 aromatic rings. The Kier molecular flexibility index (Phi) is 9.04. The van der Waals surface area contributed by atoms with Gasteiger partial charge in [0.25, 0.3) is 5.91 Å². The molecule has 0 saturated heterocycles. The number of nitrogens with one attached hydrogen (secondary N) is 2. The summed E-state index contributed by atoms with van der Waals surface area (Å²) in [4.78, 5) is 41.9. The molecule has 12 nitrogen and oxygen atoms in total. The number of nitrogens with zero attached hydrogens (tertiary/aromatic N) is 4. The second-order valence-corrected chi connectivity index (χ2v) is 9.84. The number of anilines is 1. The molecule has 4 N–H and O–H groups in total. The molecule has 210 valence electrons. The Morgan fingerprint density at radius 1 is 1.15 bits per heavy atom. The van der Waals surface area contributed by atoms with Crippen molar-refractivity contribution in [3.05, 3.63) is 69.5 Å². The third-order valence-electron chi connectivity index (χ3n) is 6.06. The third-order valence-corrected chi connectivity index (χ3v) is 6.55. The Morgan fingerprint density at radius 3 is 2.65 bits per heavy atom. The normalized spacial score (nSPS) is 10.9. The third kappa shape index (κ3) is 6.60. The molecule has 40 heavy (non-hydrogen) atoms. The lowest BCUT2D eigenvalue weighted by Crippen LogP contribution is -2.26. The van der Waals surface area contributed by atoms with Crippen molar-refractivity contribution < 1.29 is 23.9 Å². The minimum atomic E-state index is -0.631. The van der Waals surface area contributed by atoms with Gasteiger partial charge in [-0.3, -0.25) is 19.6 Å². The quantitative estimate of drug-likeness (QED) is 0.216. The van der Waals surface area contributed by atoms with Crippen LogP contribution < -0.4 is 21.1 Å². The summed E-state index contributed by atoms with van der Waals surface area (Å²) in [5, 5.41) is 9.93. The largest absolute Gasteiger partial charge is 0.494 e. The highest BCUT2D eigenvalue weighted by Crippen LogP contribution is 2.31. The number of methoxy groups -OCH3 is 1. The van der Waals surface area contributed by atoms with Crippen molar-refractivity contribution in [2.45, 2.75) is 40.0 Å². The summed E-state index contributed by atoms with van der Waals surface area (Å²) in [6.45, 7) is 5.02. The Bertz CT molecular complexity index is 1560. The van der Waals surface area contributed by atoms with Gasteiger partial charge in [0.15, 0.2) is 0 Å². The summed E-state index contributed by atoms with van der Waals surface area (Å²) >= 11 is 3.39. The molecule has 2 aromatic carbocycles. The summed E-state index contributed by atoms with van der Waals surface area (Å²) < 4.78 is 15.1. The van der Waals surface area contributed by atoms with Crippen LogP contribution in [0.4, 0.5) is 10.7 Å². The highest BCUT2D eigenvalue weighted by atomic mass is 79.9. The van der Waals surface area contributed by atoms with Crippen LogP contribution in [0, 0.1) is 6.92 Å². The van der Waals surface area contributed by atoms with Gasteiger partial charge < -0.3 is 25.1 Å². The van der Waals surface area contributed by atoms with E-state index < -0.39 is 12.0 Å². The predicted octanol–water partition coefficient (Wildman–Crippen LogP) is 4.00. The minimum Gasteiger partial charge on any atom is -0.494 e. The van der Waals surface area contributed by atoms with E-state index in [0.29, 0.717) is 54.2 Å². The molecule has 0 unspecified atom stereocenters.